The molecule has 7 nitrogen and oxygen atoms in total. The molecule has 0 amide bonds. The van der Waals surface area contributed by atoms with Crippen LogP contribution in [0.25, 0.3) is 0 Å². The van der Waals surface area contributed by atoms with Gasteiger partial charge in [0.2, 0.25) is 10.0 Å². The number of sulfonamides is 1. The van der Waals surface area contributed by atoms with Gasteiger partial charge in [0.1, 0.15) is 4.90 Å². The highest BCUT2D eigenvalue weighted by molar-refractivity contribution is 7.89. The van der Waals surface area contributed by atoms with E-state index in [-0.39, 0.29) is 11.4 Å². The van der Waals surface area contributed by atoms with Crippen LogP contribution in [0.5, 0.6) is 0 Å². The molecule has 0 atom stereocenters. The van der Waals surface area contributed by atoms with Crippen LogP contribution in [0, 0.1) is 6.92 Å². The SMILES string of the molecule is CCCCOCCNS(=O)(=O)c1c(CNC)n[nH]c1C. The first-order chi connectivity index (χ1) is 9.53. The number of rotatable bonds is 10. The molecule has 1 aromatic heterocycles. The fraction of sp³-hybridized carbons (Fsp3) is 0.750. The summed E-state index contributed by atoms with van der Waals surface area (Å²) in [6.45, 7) is 5.46. The van der Waals surface area contributed by atoms with Crippen molar-refractivity contribution in [2.75, 3.05) is 26.8 Å². The normalized spacial score (nSPS) is 11.9. The summed E-state index contributed by atoms with van der Waals surface area (Å²) in [4.78, 5) is 0.223. The zero-order chi connectivity index (χ0) is 15.0. The Morgan fingerprint density at radius 2 is 2.10 bits per heavy atom. The van der Waals surface area contributed by atoms with Gasteiger partial charge in [-0.3, -0.25) is 5.10 Å². The summed E-state index contributed by atoms with van der Waals surface area (Å²) in [6, 6.07) is 0. The number of unbranched alkanes of at least 4 members (excludes halogenated alkanes) is 1. The summed E-state index contributed by atoms with van der Waals surface area (Å²) in [5.41, 5.74) is 1.03. The van der Waals surface area contributed by atoms with Crippen molar-refractivity contribution in [3.8, 4) is 0 Å². The van der Waals surface area contributed by atoms with E-state index in [1.54, 1.807) is 14.0 Å². The lowest BCUT2D eigenvalue weighted by atomic mass is 10.4. The van der Waals surface area contributed by atoms with E-state index in [1.165, 1.54) is 0 Å². The van der Waals surface area contributed by atoms with Crippen LogP contribution in [0.1, 0.15) is 31.2 Å². The molecule has 8 heteroatoms. The average Bonchev–Trinajstić information content (AvgIpc) is 2.76. The van der Waals surface area contributed by atoms with Crippen LogP contribution in [0.3, 0.4) is 0 Å². The van der Waals surface area contributed by atoms with E-state index in [0.717, 1.165) is 12.8 Å². The Morgan fingerprint density at radius 3 is 2.75 bits per heavy atom. The van der Waals surface area contributed by atoms with Gasteiger partial charge in [0, 0.05) is 19.7 Å². The van der Waals surface area contributed by atoms with Crippen molar-refractivity contribution < 1.29 is 13.2 Å². The number of hydrogen-bond acceptors (Lipinski definition) is 5. The van der Waals surface area contributed by atoms with Crippen LogP contribution in [0.15, 0.2) is 4.90 Å². The first-order valence-electron chi connectivity index (χ1n) is 6.78. The van der Waals surface area contributed by atoms with Gasteiger partial charge in [-0.2, -0.15) is 5.10 Å². The first kappa shape index (κ1) is 17.1. The molecule has 0 radical (unpaired) electrons. The highest BCUT2D eigenvalue weighted by Crippen LogP contribution is 2.16. The van der Waals surface area contributed by atoms with Crippen LogP contribution < -0.4 is 10.0 Å². The van der Waals surface area contributed by atoms with Crippen LogP contribution in [0.2, 0.25) is 0 Å². The number of hydrogen-bond donors (Lipinski definition) is 3. The molecule has 0 fully saturated rings. The summed E-state index contributed by atoms with van der Waals surface area (Å²) in [7, 11) is -1.81. The van der Waals surface area contributed by atoms with E-state index in [1.807, 2.05) is 0 Å². The molecule has 0 aliphatic heterocycles. The Hall–Kier alpha value is -0.960. The maximum Gasteiger partial charge on any atom is 0.244 e. The largest absolute Gasteiger partial charge is 0.380 e. The molecule has 0 spiro atoms. The van der Waals surface area contributed by atoms with Gasteiger partial charge in [0.25, 0.3) is 0 Å². The predicted molar refractivity (Wildman–Crippen MR) is 77.0 cm³/mol. The Morgan fingerprint density at radius 1 is 1.35 bits per heavy atom. The molecule has 0 aliphatic rings. The molecule has 0 unspecified atom stereocenters. The van der Waals surface area contributed by atoms with Crippen LogP contribution in [0.4, 0.5) is 0 Å². The lowest BCUT2D eigenvalue weighted by Crippen LogP contribution is -2.29. The summed E-state index contributed by atoms with van der Waals surface area (Å²) in [5.74, 6) is 0. The van der Waals surface area contributed by atoms with E-state index in [0.29, 0.717) is 31.1 Å². The number of ether oxygens (including phenoxy) is 1. The predicted octanol–water partition coefficient (Wildman–Crippen LogP) is 0.533. The highest BCUT2D eigenvalue weighted by atomic mass is 32.2. The van der Waals surface area contributed by atoms with E-state index in [9.17, 15) is 8.42 Å². The van der Waals surface area contributed by atoms with E-state index in [4.69, 9.17) is 4.74 Å². The second-order valence-corrected chi connectivity index (χ2v) is 6.22. The minimum Gasteiger partial charge on any atom is -0.380 e. The lowest BCUT2D eigenvalue weighted by molar-refractivity contribution is 0.136. The maximum absolute atomic E-state index is 12.2. The fourth-order valence-electron chi connectivity index (χ4n) is 1.78. The average molecular weight is 304 g/mol. The molecule has 1 rings (SSSR count). The van der Waals surface area contributed by atoms with Crippen molar-refractivity contribution in [3.63, 3.8) is 0 Å². The van der Waals surface area contributed by atoms with Gasteiger partial charge < -0.3 is 10.1 Å². The number of aromatic nitrogens is 2. The third-order valence-corrected chi connectivity index (χ3v) is 4.42. The molecule has 3 N–H and O–H groups in total. The van der Waals surface area contributed by atoms with E-state index < -0.39 is 10.0 Å². The van der Waals surface area contributed by atoms with Crippen molar-refractivity contribution >= 4 is 10.0 Å². The first-order valence-corrected chi connectivity index (χ1v) is 8.27. The minimum atomic E-state index is -3.56. The monoisotopic (exact) mass is 304 g/mol. The Balaban J connectivity index is 2.58. The molecule has 20 heavy (non-hydrogen) atoms. The molecule has 0 bridgehead atoms. The van der Waals surface area contributed by atoms with Gasteiger partial charge in [0.15, 0.2) is 0 Å². The molecule has 0 saturated heterocycles. The molecule has 0 aromatic carbocycles. The van der Waals surface area contributed by atoms with Gasteiger partial charge in [-0.1, -0.05) is 13.3 Å². The molecule has 0 saturated carbocycles. The molecule has 116 valence electrons. The number of aryl methyl sites for hydroxylation is 1. The maximum atomic E-state index is 12.2. The number of nitrogens with one attached hydrogen (secondary N) is 3. The molecule has 0 aliphatic carbocycles. The van der Waals surface area contributed by atoms with Crippen molar-refractivity contribution in [2.24, 2.45) is 0 Å². The second-order valence-electron chi connectivity index (χ2n) is 4.52. The zero-order valence-electron chi connectivity index (χ0n) is 12.3. The van der Waals surface area contributed by atoms with Crippen LogP contribution in [-0.2, 0) is 21.3 Å². The Bertz CT molecular complexity index is 499. The van der Waals surface area contributed by atoms with Crippen molar-refractivity contribution in [1.82, 2.24) is 20.2 Å². The third-order valence-electron chi connectivity index (χ3n) is 2.75. The number of nitrogens with zero attached hydrogens (tertiary/aromatic N) is 1. The van der Waals surface area contributed by atoms with Gasteiger partial charge in [-0.05, 0) is 20.4 Å². The van der Waals surface area contributed by atoms with Gasteiger partial charge in [-0.15, -0.1) is 0 Å². The summed E-state index contributed by atoms with van der Waals surface area (Å²) < 4.78 is 32.4. The van der Waals surface area contributed by atoms with Crippen LogP contribution >= 0.6 is 0 Å². The van der Waals surface area contributed by atoms with Crippen LogP contribution in [-0.4, -0.2) is 45.4 Å². The zero-order valence-corrected chi connectivity index (χ0v) is 13.1. The molecule has 1 heterocycles. The van der Waals surface area contributed by atoms with Crippen molar-refractivity contribution in [3.05, 3.63) is 11.4 Å². The van der Waals surface area contributed by atoms with Crippen molar-refractivity contribution in [2.45, 2.75) is 38.1 Å². The van der Waals surface area contributed by atoms with E-state index in [2.05, 4.69) is 27.2 Å². The van der Waals surface area contributed by atoms with Gasteiger partial charge in [0.05, 0.1) is 18.0 Å². The summed E-state index contributed by atoms with van der Waals surface area (Å²) in [5, 5.41) is 9.61. The highest BCUT2D eigenvalue weighted by Gasteiger charge is 2.23. The smallest absolute Gasteiger partial charge is 0.244 e. The fourth-order valence-corrected chi connectivity index (χ4v) is 3.16. The quantitative estimate of drug-likeness (QED) is 0.548. The Labute approximate surface area is 120 Å². The molecular weight excluding hydrogens is 280 g/mol. The van der Waals surface area contributed by atoms with Gasteiger partial charge >= 0.3 is 0 Å². The number of aromatic amines is 1. The molecular formula is C12H24N4O3S. The minimum absolute atomic E-state index is 0.223. The third kappa shape index (κ3) is 4.86. The topological polar surface area (TPSA) is 96.1 Å². The standard InChI is InChI=1S/C12H24N4O3S/c1-4-5-7-19-8-6-14-20(17,18)12-10(2)15-16-11(12)9-13-3/h13-14H,4-9H2,1-3H3,(H,15,16). The van der Waals surface area contributed by atoms with Crippen molar-refractivity contribution in [1.29, 1.82) is 0 Å². The molecule has 1 aromatic rings. The van der Waals surface area contributed by atoms with E-state index >= 15 is 0 Å². The number of H-pyrrole nitrogens is 1. The lowest BCUT2D eigenvalue weighted by Gasteiger charge is -2.08. The van der Waals surface area contributed by atoms with Gasteiger partial charge in [-0.25, -0.2) is 13.1 Å². The second kappa shape index (κ2) is 8.35. The Kier molecular flexibility index (Phi) is 7.14. The summed E-state index contributed by atoms with van der Waals surface area (Å²) in [6.07, 6.45) is 2.05. The summed E-state index contributed by atoms with van der Waals surface area (Å²) >= 11 is 0.